The average Bonchev–Trinajstić information content (AvgIpc) is 2.66. The molecule has 2 aromatic carbocycles. The molecule has 0 aliphatic carbocycles. The van der Waals surface area contributed by atoms with E-state index in [2.05, 4.69) is 20.8 Å². The van der Waals surface area contributed by atoms with Gasteiger partial charge >= 0.3 is 0 Å². The highest BCUT2D eigenvalue weighted by atomic mass is 16.5. The van der Waals surface area contributed by atoms with Gasteiger partial charge in [-0.2, -0.15) is 0 Å². The largest absolute Gasteiger partial charge is 0.497 e. The van der Waals surface area contributed by atoms with E-state index in [0.717, 1.165) is 17.4 Å². The SMILES string of the molecule is C.CC.CC.CC(C)C.COc1ccccc1.COc1ccccc1. The molecule has 0 heterocycles. The molecule has 2 heteroatoms. The van der Waals surface area contributed by atoms with Crippen LogP contribution in [0.4, 0.5) is 0 Å². The Morgan fingerprint density at radius 1 is 0.560 bits per heavy atom. The molecule has 0 N–H and O–H groups in total. The van der Waals surface area contributed by atoms with Crippen LogP contribution in [0.5, 0.6) is 11.5 Å². The van der Waals surface area contributed by atoms with E-state index in [1.165, 1.54) is 0 Å². The van der Waals surface area contributed by atoms with E-state index in [4.69, 9.17) is 9.47 Å². The lowest BCUT2D eigenvalue weighted by atomic mass is 10.3. The van der Waals surface area contributed by atoms with Crippen LogP contribution in [0.25, 0.3) is 0 Å². The van der Waals surface area contributed by atoms with Crippen LogP contribution >= 0.6 is 0 Å². The van der Waals surface area contributed by atoms with Gasteiger partial charge in [-0.15, -0.1) is 0 Å². The van der Waals surface area contributed by atoms with Gasteiger partial charge in [0.2, 0.25) is 0 Å². The number of ether oxygens (including phenoxy) is 2. The molecule has 2 nitrogen and oxygen atoms in total. The number of rotatable bonds is 2. The second-order valence-corrected chi connectivity index (χ2v) is 4.77. The van der Waals surface area contributed by atoms with Crippen molar-refractivity contribution in [2.75, 3.05) is 14.2 Å². The van der Waals surface area contributed by atoms with Gasteiger partial charge in [-0.05, 0) is 30.2 Å². The summed E-state index contributed by atoms with van der Waals surface area (Å²) in [6.07, 6.45) is 0. The Kier molecular flexibility index (Phi) is 33.2. The summed E-state index contributed by atoms with van der Waals surface area (Å²) in [5, 5.41) is 0. The second-order valence-electron chi connectivity index (χ2n) is 4.77. The fourth-order valence-electron chi connectivity index (χ4n) is 1.11. The van der Waals surface area contributed by atoms with Gasteiger partial charge in [0, 0.05) is 0 Å². The maximum Gasteiger partial charge on any atom is 0.118 e. The van der Waals surface area contributed by atoms with E-state index in [0.29, 0.717) is 0 Å². The summed E-state index contributed by atoms with van der Waals surface area (Å²) in [4.78, 5) is 0. The van der Waals surface area contributed by atoms with Gasteiger partial charge in [0.15, 0.2) is 0 Å². The molecule has 0 amide bonds. The smallest absolute Gasteiger partial charge is 0.118 e. The molecule has 25 heavy (non-hydrogen) atoms. The molecule has 0 aromatic heterocycles. The Morgan fingerprint density at radius 2 is 0.760 bits per heavy atom. The fraction of sp³-hybridized carbons (Fsp3) is 0.478. The van der Waals surface area contributed by atoms with Gasteiger partial charge in [0.1, 0.15) is 11.5 Å². The van der Waals surface area contributed by atoms with Crippen LogP contribution in [0.15, 0.2) is 60.7 Å². The van der Waals surface area contributed by atoms with E-state index >= 15 is 0 Å². The zero-order valence-electron chi connectivity index (χ0n) is 17.2. The van der Waals surface area contributed by atoms with E-state index in [1.54, 1.807) is 14.2 Å². The van der Waals surface area contributed by atoms with Crippen molar-refractivity contribution in [1.29, 1.82) is 0 Å². The van der Waals surface area contributed by atoms with Crippen LogP contribution in [0.3, 0.4) is 0 Å². The Labute approximate surface area is 158 Å². The summed E-state index contributed by atoms with van der Waals surface area (Å²) in [6.45, 7) is 14.5. The molecule has 2 aromatic rings. The first-order chi connectivity index (χ1) is 11.6. The lowest BCUT2D eigenvalue weighted by Crippen LogP contribution is -1.78. The highest BCUT2D eigenvalue weighted by Crippen LogP contribution is 2.06. The van der Waals surface area contributed by atoms with E-state index in [1.807, 2.05) is 88.4 Å². The van der Waals surface area contributed by atoms with Crippen LogP contribution in [-0.2, 0) is 0 Å². The van der Waals surface area contributed by atoms with Crippen molar-refractivity contribution in [3.8, 4) is 11.5 Å². The minimum Gasteiger partial charge on any atom is -0.497 e. The average molecular weight is 351 g/mol. The Balaban J connectivity index is -0.000000123. The molecule has 0 spiro atoms. The number of para-hydroxylation sites is 2. The van der Waals surface area contributed by atoms with E-state index < -0.39 is 0 Å². The summed E-state index contributed by atoms with van der Waals surface area (Å²) in [7, 11) is 3.32. The van der Waals surface area contributed by atoms with Gasteiger partial charge in [-0.1, -0.05) is 92.3 Å². The first-order valence-electron chi connectivity index (χ1n) is 8.78. The monoisotopic (exact) mass is 350 g/mol. The third-order valence-electron chi connectivity index (χ3n) is 1.96. The highest BCUT2D eigenvalue weighted by molar-refractivity contribution is 5.21. The number of benzene rings is 2. The molecular weight excluding hydrogens is 308 g/mol. The van der Waals surface area contributed by atoms with Gasteiger partial charge in [-0.3, -0.25) is 0 Å². The van der Waals surface area contributed by atoms with Gasteiger partial charge < -0.3 is 9.47 Å². The predicted octanol–water partition coefficient (Wildman–Crippen LogP) is 7.74. The molecule has 0 saturated heterocycles. The van der Waals surface area contributed by atoms with Crippen LogP contribution in [-0.4, -0.2) is 14.2 Å². The van der Waals surface area contributed by atoms with Crippen molar-refractivity contribution in [1.82, 2.24) is 0 Å². The van der Waals surface area contributed by atoms with Gasteiger partial charge in [0.25, 0.3) is 0 Å². The first-order valence-corrected chi connectivity index (χ1v) is 8.78. The van der Waals surface area contributed by atoms with Gasteiger partial charge in [0.05, 0.1) is 14.2 Å². The quantitative estimate of drug-likeness (QED) is 0.551. The van der Waals surface area contributed by atoms with Crippen LogP contribution < -0.4 is 9.47 Å². The Bertz CT molecular complexity index is 368. The summed E-state index contributed by atoms with van der Waals surface area (Å²) in [5.74, 6) is 2.65. The minimum atomic E-state index is 0. The Morgan fingerprint density at radius 3 is 0.880 bits per heavy atom. The molecule has 0 atom stereocenters. The van der Waals surface area contributed by atoms with E-state index in [-0.39, 0.29) is 7.43 Å². The molecule has 0 radical (unpaired) electrons. The third kappa shape index (κ3) is 27.2. The molecule has 0 saturated carbocycles. The predicted molar refractivity (Wildman–Crippen MR) is 116 cm³/mol. The van der Waals surface area contributed by atoms with Crippen molar-refractivity contribution in [3.63, 3.8) is 0 Å². The van der Waals surface area contributed by atoms with Crippen LogP contribution in [0, 0.1) is 5.92 Å². The normalized spacial score (nSPS) is 7.44. The molecule has 2 rings (SSSR count). The molecular formula is C23H42O2. The fourth-order valence-corrected chi connectivity index (χ4v) is 1.11. The maximum absolute atomic E-state index is 4.91. The number of hydrogen-bond acceptors (Lipinski definition) is 2. The van der Waals surface area contributed by atoms with Crippen LogP contribution in [0.2, 0.25) is 0 Å². The molecule has 0 aliphatic rings. The third-order valence-corrected chi connectivity index (χ3v) is 1.96. The summed E-state index contributed by atoms with van der Waals surface area (Å²) in [5.41, 5.74) is 0. The lowest BCUT2D eigenvalue weighted by Gasteiger charge is -1.93. The first kappa shape index (κ1) is 30.9. The van der Waals surface area contributed by atoms with Crippen molar-refractivity contribution < 1.29 is 9.47 Å². The van der Waals surface area contributed by atoms with Crippen molar-refractivity contribution >= 4 is 0 Å². The molecule has 0 aliphatic heterocycles. The summed E-state index contributed by atoms with van der Waals surface area (Å²) < 4.78 is 9.83. The number of methoxy groups -OCH3 is 2. The standard InChI is InChI=1S/2C7H8O.C4H10.2C2H6.CH4/c2*1-8-7-5-3-2-4-6-7;1-4(2)3;2*1-2;/h2*2-6H,1H3;4H,1-3H3;2*1-2H3;1H4. The number of hydrogen-bond donors (Lipinski definition) is 0. The van der Waals surface area contributed by atoms with Crippen molar-refractivity contribution in [2.45, 2.75) is 55.9 Å². The van der Waals surface area contributed by atoms with Crippen molar-refractivity contribution in [3.05, 3.63) is 60.7 Å². The molecule has 0 fully saturated rings. The molecule has 0 unspecified atom stereocenters. The van der Waals surface area contributed by atoms with Crippen LogP contribution in [0.1, 0.15) is 55.9 Å². The maximum atomic E-state index is 4.91. The summed E-state index contributed by atoms with van der Waals surface area (Å²) in [6, 6.07) is 19.4. The second kappa shape index (κ2) is 26.9. The zero-order chi connectivity index (χ0) is 19.2. The lowest BCUT2D eigenvalue weighted by molar-refractivity contribution is 0.414. The Hall–Kier alpha value is -1.96. The van der Waals surface area contributed by atoms with Gasteiger partial charge in [-0.25, -0.2) is 0 Å². The molecule has 0 bridgehead atoms. The molecule has 146 valence electrons. The minimum absolute atomic E-state index is 0. The zero-order valence-corrected chi connectivity index (χ0v) is 17.2. The van der Waals surface area contributed by atoms with E-state index in [9.17, 15) is 0 Å². The summed E-state index contributed by atoms with van der Waals surface area (Å²) >= 11 is 0. The van der Waals surface area contributed by atoms with Crippen molar-refractivity contribution in [2.24, 2.45) is 5.92 Å². The topological polar surface area (TPSA) is 18.5 Å². The highest BCUT2D eigenvalue weighted by Gasteiger charge is 1.80.